The Kier molecular flexibility index (Phi) is 3.92. The fourth-order valence-electron chi connectivity index (χ4n) is 1.61. The Morgan fingerprint density at radius 3 is 2.71 bits per heavy atom. The van der Waals surface area contributed by atoms with Crippen LogP contribution >= 0.6 is 0 Å². The third-order valence-electron chi connectivity index (χ3n) is 2.39. The summed E-state index contributed by atoms with van der Waals surface area (Å²) in [6.45, 7) is 2.46. The zero-order valence-corrected chi connectivity index (χ0v) is 9.27. The first-order valence-electron chi connectivity index (χ1n) is 5.00. The summed E-state index contributed by atoms with van der Waals surface area (Å²) in [5.41, 5.74) is 0. The monoisotopic (exact) mass is 219 g/mol. The molecule has 0 spiro atoms. The molecule has 0 aromatic rings. The van der Waals surface area contributed by atoms with Crippen molar-refractivity contribution in [2.24, 2.45) is 5.92 Å². The minimum absolute atomic E-state index is 0.0248. The topological polar surface area (TPSA) is 63.2 Å². The van der Waals surface area contributed by atoms with E-state index in [2.05, 4.69) is 5.32 Å². The summed E-state index contributed by atoms with van der Waals surface area (Å²) in [5, 5.41) is 2.76. The van der Waals surface area contributed by atoms with Crippen molar-refractivity contribution in [1.29, 1.82) is 0 Å². The van der Waals surface area contributed by atoms with Gasteiger partial charge in [0.1, 0.15) is 0 Å². The van der Waals surface area contributed by atoms with Gasteiger partial charge in [0, 0.05) is 13.0 Å². The molecule has 1 fully saturated rings. The Bertz CT molecular complexity index is 297. The van der Waals surface area contributed by atoms with E-state index in [9.17, 15) is 13.2 Å². The van der Waals surface area contributed by atoms with Crippen LogP contribution in [0.1, 0.15) is 26.2 Å². The lowest BCUT2D eigenvalue weighted by Gasteiger charge is -2.08. The van der Waals surface area contributed by atoms with Gasteiger partial charge in [0.25, 0.3) is 0 Å². The van der Waals surface area contributed by atoms with E-state index in [0.29, 0.717) is 19.4 Å². The van der Waals surface area contributed by atoms with Gasteiger partial charge in [-0.25, -0.2) is 8.42 Å². The molecule has 1 heterocycles. The van der Waals surface area contributed by atoms with Crippen molar-refractivity contribution in [2.45, 2.75) is 26.2 Å². The van der Waals surface area contributed by atoms with Crippen LogP contribution in [-0.4, -0.2) is 32.4 Å². The van der Waals surface area contributed by atoms with Crippen molar-refractivity contribution in [2.75, 3.05) is 18.1 Å². The van der Waals surface area contributed by atoms with E-state index in [0.717, 1.165) is 6.42 Å². The van der Waals surface area contributed by atoms with Gasteiger partial charge < -0.3 is 5.32 Å². The third kappa shape index (κ3) is 3.65. The summed E-state index contributed by atoms with van der Waals surface area (Å²) in [4.78, 5) is 11.1. The van der Waals surface area contributed by atoms with E-state index < -0.39 is 9.84 Å². The van der Waals surface area contributed by atoms with Crippen LogP contribution < -0.4 is 5.32 Å². The second-order valence-corrected chi connectivity index (χ2v) is 6.05. The zero-order valence-electron chi connectivity index (χ0n) is 8.45. The quantitative estimate of drug-likeness (QED) is 0.741. The Morgan fingerprint density at radius 2 is 2.21 bits per heavy atom. The highest BCUT2D eigenvalue weighted by Crippen LogP contribution is 2.17. The lowest BCUT2D eigenvalue weighted by molar-refractivity contribution is -0.121. The SMILES string of the molecule is CCCC(=O)NCC1CCS(=O)(=O)C1. The smallest absolute Gasteiger partial charge is 0.219 e. The molecule has 1 aliphatic rings. The molecule has 82 valence electrons. The van der Waals surface area contributed by atoms with Gasteiger partial charge in [-0.15, -0.1) is 0 Å². The molecule has 1 amide bonds. The van der Waals surface area contributed by atoms with Gasteiger partial charge in [0.15, 0.2) is 9.84 Å². The van der Waals surface area contributed by atoms with Crippen LogP contribution in [0, 0.1) is 5.92 Å². The van der Waals surface area contributed by atoms with Crippen LogP contribution in [0.25, 0.3) is 0 Å². The fourth-order valence-corrected chi connectivity index (χ4v) is 3.47. The van der Waals surface area contributed by atoms with E-state index in [1.165, 1.54) is 0 Å². The summed E-state index contributed by atoms with van der Waals surface area (Å²) in [7, 11) is -2.81. The molecule has 0 bridgehead atoms. The molecule has 1 aliphatic heterocycles. The molecule has 5 heteroatoms. The number of hydrogen-bond donors (Lipinski definition) is 1. The Morgan fingerprint density at radius 1 is 1.50 bits per heavy atom. The molecular formula is C9H17NO3S. The molecule has 0 aromatic heterocycles. The van der Waals surface area contributed by atoms with Crippen LogP contribution in [0.2, 0.25) is 0 Å². The molecule has 0 radical (unpaired) electrons. The summed E-state index contributed by atoms with van der Waals surface area (Å²) in [6.07, 6.45) is 2.04. The summed E-state index contributed by atoms with van der Waals surface area (Å²) < 4.78 is 22.2. The minimum atomic E-state index is -2.81. The highest BCUT2D eigenvalue weighted by atomic mass is 32.2. The second kappa shape index (κ2) is 4.77. The average Bonchev–Trinajstić information content (AvgIpc) is 2.43. The van der Waals surface area contributed by atoms with Gasteiger partial charge in [0.2, 0.25) is 5.91 Å². The first-order valence-corrected chi connectivity index (χ1v) is 6.83. The van der Waals surface area contributed by atoms with Crippen LogP contribution in [0.15, 0.2) is 0 Å². The molecule has 1 rings (SSSR count). The second-order valence-electron chi connectivity index (χ2n) is 3.82. The molecular weight excluding hydrogens is 202 g/mol. The van der Waals surface area contributed by atoms with Crippen molar-refractivity contribution < 1.29 is 13.2 Å². The number of hydrogen-bond acceptors (Lipinski definition) is 3. The molecule has 0 aliphatic carbocycles. The lowest BCUT2D eigenvalue weighted by atomic mass is 10.1. The molecule has 1 N–H and O–H groups in total. The van der Waals surface area contributed by atoms with Crippen molar-refractivity contribution in [3.63, 3.8) is 0 Å². The van der Waals surface area contributed by atoms with E-state index in [1.54, 1.807) is 0 Å². The molecule has 1 saturated heterocycles. The highest BCUT2D eigenvalue weighted by molar-refractivity contribution is 7.91. The predicted octanol–water partition coefficient (Wildman–Crippen LogP) is 0.337. The third-order valence-corrected chi connectivity index (χ3v) is 4.23. The standard InChI is InChI=1S/C9H17NO3S/c1-2-3-9(11)10-6-8-4-5-14(12,13)7-8/h8H,2-7H2,1H3,(H,10,11). The van der Waals surface area contributed by atoms with E-state index in [-0.39, 0.29) is 23.3 Å². The van der Waals surface area contributed by atoms with Crippen LogP contribution in [-0.2, 0) is 14.6 Å². The number of amides is 1. The zero-order chi connectivity index (χ0) is 10.6. The maximum Gasteiger partial charge on any atom is 0.219 e. The van der Waals surface area contributed by atoms with Gasteiger partial charge in [-0.05, 0) is 18.8 Å². The van der Waals surface area contributed by atoms with Crippen molar-refractivity contribution in [1.82, 2.24) is 5.32 Å². The van der Waals surface area contributed by atoms with Gasteiger partial charge in [-0.2, -0.15) is 0 Å². The number of carbonyl (C=O) groups is 1. The number of carbonyl (C=O) groups excluding carboxylic acids is 1. The Hall–Kier alpha value is -0.580. The van der Waals surface area contributed by atoms with Gasteiger partial charge >= 0.3 is 0 Å². The number of nitrogens with one attached hydrogen (secondary N) is 1. The summed E-state index contributed by atoms with van der Waals surface area (Å²) >= 11 is 0. The van der Waals surface area contributed by atoms with Gasteiger partial charge in [0.05, 0.1) is 11.5 Å². The van der Waals surface area contributed by atoms with Crippen molar-refractivity contribution in [3.8, 4) is 0 Å². The number of sulfone groups is 1. The maximum atomic E-state index is 11.1. The highest BCUT2D eigenvalue weighted by Gasteiger charge is 2.27. The molecule has 0 saturated carbocycles. The van der Waals surface area contributed by atoms with Crippen molar-refractivity contribution >= 4 is 15.7 Å². The molecule has 0 aromatic carbocycles. The van der Waals surface area contributed by atoms with E-state index >= 15 is 0 Å². The first kappa shape index (κ1) is 11.5. The molecule has 14 heavy (non-hydrogen) atoms. The number of rotatable bonds is 4. The maximum absolute atomic E-state index is 11.1. The van der Waals surface area contributed by atoms with Crippen molar-refractivity contribution in [3.05, 3.63) is 0 Å². The predicted molar refractivity (Wildman–Crippen MR) is 54.7 cm³/mol. The first-order chi connectivity index (χ1) is 6.53. The molecule has 4 nitrogen and oxygen atoms in total. The Balaban J connectivity index is 2.24. The van der Waals surface area contributed by atoms with Crippen LogP contribution in [0.3, 0.4) is 0 Å². The van der Waals surface area contributed by atoms with Gasteiger partial charge in [-0.3, -0.25) is 4.79 Å². The minimum Gasteiger partial charge on any atom is -0.356 e. The normalized spacial score (nSPS) is 24.8. The summed E-state index contributed by atoms with van der Waals surface area (Å²) in [6, 6.07) is 0. The van der Waals surface area contributed by atoms with Crippen LogP contribution in [0.5, 0.6) is 0 Å². The average molecular weight is 219 g/mol. The van der Waals surface area contributed by atoms with Gasteiger partial charge in [-0.1, -0.05) is 6.92 Å². The molecule has 1 atom stereocenters. The summed E-state index contributed by atoms with van der Waals surface area (Å²) in [5.74, 6) is 0.665. The van der Waals surface area contributed by atoms with E-state index in [4.69, 9.17) is 0 Å². The Labute approximate surface area is 85.0 Å². The van der Waals surface area contributed by atoms with E-state index in [1.807, 2.05) is 6.92 Å². The fraction of sp³-hybridized carbons (Fsp3) is 0.889. The van der Waals surface area contributed by atoms with Crippen LogP contribution in [0.4, 0.5) is 0 Å². The largest absolute Gasteiger partial charge is 0.356 e. The lowest BCUT2D eigenvalue weighted by Crippen LogP contribution is -2.29. The molecule has 1 unspecified atom stereocenters.